The lowest BCUT2D eigenvalue weighted by atomic mass is 10.1. The third-order valence-corrected chi connectivity index (χ3v) is 12.4. The minimum absolute atomic E-state index is 0.647. The van der Waals surface area contributed by atoms with E-state index in [1.165, 1.54) is 45.7 Å². The molecule has 0 N–H and O–H groups in total. The van der Waals surface area contributed by atoms with Crippen molar-refractivity contribution in [3.63, 3.8) is 0 Å². The number of nitrogens with zero attached hydrogens (tertiary/aromatic N) is 4. The van der Waals surface area contributed by atoms with Crippen molar-refractivity contribution in [2.75, 3.05) is 0 Å². The van der Waals surface area contributed by atoms with Crippen LogP contribution in [0.15, 0.2) is 133 Å². The van der Waals surface area contributed by atoms with Gasteiger partial charge in [0.2, 0.25) is 0 Å². The molecule has 0 aliphatic heterocycles. The van der Waals surface area contributed by atoms with E-state index in [2.05, 4.69) is 135 Å². The van der Waals surface area contributed by atoms with Crippen LogP contribution in [0.1, 0.15) is 5.56 Å². The first-order valence-corrected chi connectivity index (χ1v) is 18.0. The lowest BCUT2D eigenvalue weighted by Crippen LogP contribution is -1.94. The van der Waals surface area contributed by atoms with E-state index in [4.69, 9.17) is 6.57 Å². The summed E-state index contributed by atoms with van der Waals surface area (Å²) in [5, 5.41) is 19.1. The van der Waals surface area contributed by atoms with E-state index in [1.54, 1.807) is 0 Å². The van der Waals surface area contributed by atoms with Gasteiger partial charge in [0.05, 0.1) is 40.3 Å². The minimum Gasteiger partial charge on any atom is -0.309 e. The number of para-hydroxylation sites is 1. The van der Waals surface area contributed by atoms with Gasteiger partial charge in [-0.2, -0.15) is 5.26 Å². The van der Waals surface area contributed by atoms with Crippen molar-refractivity contribution in [2.24, 2.45) is 0 Å². The third-order valence-electron chi connectivity index (χ3n) is 10.1. The van der Waals surface area contributed by atoms with Gasteiger partial charge in [0.1, 0.15) is 0 Å². The fourth-order valence-electron chi connectivity index (χ4n) is 8.01. The van der Waals surface area contributed by atoms with Crippen LogP contribution < -0.4 is 0 Å². The van der Waals surface area contributed by atoms with Crippen molar-refractivity contribution < 1.29 is 0 Å². The Kier molecular flexibility index (Phi) is 5.52. The lowest BCUT2D eigenvalue weighted by molar-refractivity contribution is 1.18. The van der Waals surface area contributed by atoms with Crippen molar-refractivity contribution >= 4 is 112 Å². The maximum atomic E-state index is 9.63. The number of hydrogen-bond donors (Lipinski definition) is 0. The second kappa shape index (κ2) is 10.0. The summed E-state index contributed by atoms with van der Waals surface area (Å²) in [6, 6.07) is 49.5. The van der Waals surface area contributed by atoms with Gasteiger partial charge in [-0.15, -0.1) is 22.7 Å². The summed E-state index contributed by atoms with van der Waals surface area (Å²) in [5.74, 6) is 0. The molecule has 0 bridgehead atoms. The first kappa shape index (κ1) is 27.5. The van der Waals surface area contributed by atoms with Crippen LogP contribution in [0.25, 0.3) is 100 Å². The van der Waals surface area contributed by atoms with E-state index in [1.807, 2.05) is 40.9 Å². The molecule has 50 heavy (non-hydrogen) atoms. The molecule has 7 aromatic carbocycles. The van der Waals surface area contributed by atoms with Gasteiger partial charge in [0.15, 0.2) is 5.69 Å². The zero-order chi connectivity index (χ0) is 33.1. The van der Waals surface area contributed by atoms with Gasteiger partial charge in [-0.1, -0.05) is 42.5 Å². The first-order valence-electron chi connectivity index (χ1n) is 16.3. The molecule has 6 heteroatoms. The highest BCUT2D eigenvalue weighted by Gasteiger charge is 2.20. The van der Waals surface area contributed by atoms with Gasteiger partial charge >= 0.3 is 0 Å². The van der Waals surface area contributed by atoms with Crippen LogP contribution in [0, 0.1) is 17.9 Å². The number of benzene rings is 7. The largest absolute Gasteiger partial charge is 0.309 e. The van der Waals surface area contributed by atoms with E-state index in [0.29, 0.717) is 11.3 Å². The summed E-state index contributed by atoms with van der Waals surface area (Å²) in [6.07, 6.45) is 0. The van der Waals surface area contributed by atoms with Crippen LogP contribution in [0.3, 0.4) is 0 Å². The van der Waals surface area contributed by atoms with Gasteiger partial charge < -0.3 is 9.13 Å². The van der Waals surface area contributed by atoms with Crippen molar-refractivity contribution in [2.45, 2.75) is 0 Å². The Morgan fingerprint density at radius 2 is 1.08 bits per heavy atom. The summed E-state index contributed by atoms with van der Waals surface area (Å²) < 4.78 is 9.70. The Hall–Kier alpha value is -6.44. The molecule has 0 radical (unpaired) electrons. The fraction of sp³-hybridized carbons (Fsp3) is 0. The molecule has 0 saturated carbocycles. The molecule has 0 unspecified atom stereocenters. The van der Waals surface area contributed by atoms with Crippen molar-refractivity contribution in [1.29, 1.82) is 5.26 Å². The second-order valence-electron chi connectivity index (χ2n) is 12.7. The standard InChI is InChI=1S/C44H22N4S2/c1-46-26-11-15-37-34(21-26)43-38(16-19-42-44(43)30-7-3-5-9-39(30)50-42)48(37)28-13-18-41-33(23-28)32-22-27(12-17-40(32)49-41)47-35-8-4-2-6-29(35)31-20-25(24-45)10-14-36(31)47/h2-23H. The predicted octanol–water partition coefficient (Wildman–Crippen LogP) is 13.0. The van der Waals surface area contributed by atoms with E-state index < -0.39 is 0 Å². The number of nitriles is 1. The van der Waals surface area contributed by atoms with Crippen LogP contribution in [-0.4, -0.2) is 9.13 Å². The van der Waals surface area contributed by atoms with Crippen LogP contribution in [0.5, 0.6) is 0 Å². The Labute approximate surface area is 293 Å². The SMILES string of the molecule is [C-]#[N+]c1ccc2c(c1)c1c3c(ccc1n2-c1ccc2sc4ccc(-n5c6ccccc6c6cc(C#N)ccc65)cc4c2c1)sc1ccccc13. The van der Waals surface area contributed by atoms with Crippen LogP contribution >= 0.6 is 22.7 Å². The summed E-state index contributed by atoms with van der Waals surface area (Å²) in [7, 11) is 0. The van der Waals surface area contributed by atoms with E-state index in [0.717, 1.165) is 49.6 Å². The highest BCUT2D eigenvalue weighted by atomic mass is 32.1. The molecule has 0 aliphatic rings. The molecule has 230 valence electrons. The Morgan fingerprint density at radius 1 is 0.480 bits per heavy atom. The smallest absolute Gasteiger partial charge is 0.188 e. The number of aromatic nitrogens is 2. The zero-order valence-electron chi connectivity index (χ0n) is 26.3. The summed E-state index contributed by atoms with van der Waals surface area (Å²) in [5.41, 5.74) is 7.93. The molecule has 11 rings (SSSR count). The molecule has 0 aliphatic carbocycles. The van der Waals surface area contributed by atoms with Gasteiger partial charge in [0, 0.05) is 67.9 Å². The fourth-order valence-corrected chi connectivity index (χ4v) is 10.2. The predicted molar refractivity (Wildman–Crippen MR) is 212 cm³/mol. The Morgan fingerprint density at radius 3 is 1.86 bits per heavy atom. The van der Waals surface area contributed by atoms with Crippen LogP contribution in [0.4, 0.5) is 5.69 Å². The topological polar surface area (TPSA) is 38.0 Å². The second-order valence-corrected chi connectivity index (χ2v) is 14.9. The molecule has 4 aromatic heterocycles. The lowest BCUT2D eigenvalue weighted by Gasteiger charge is -2.10. The molecular weight excluding hydrogens is 649 g/mol. The highest BCUT2D eigenvalue weighted by Crippen LogP contribution is 2.45. The Bertz CT molecular complexity index is 3360. The molecule has 11 aromatic rings. The van der Waals surface area contributed by atoms with E-state index >= 15 is 0 Å². The monoisotopic (exact) mass is 670 g/mol. The number of fused-ring (bicyclic) bond motifs is 13. The van der Waals surface area contributed by atoms with Gasteiger partial charge in [-0.05, 0) is 96.4 Å². The van der Waals surface area contributed by atoms with Crippen LogP contribution in [-0.2, 0) is 0 Å². The Balaban J connectivity index is 1.19. The molecule has 4 heterocycles. The average molecular weight is 671 g/mol. The van der Waals surface area contributed by atoms with Crippen molar-refractivity contribution in [3.8, 4) is 17.4 Å². The first-order chi connectivity index (χ1) is 24.7. The molecule has 0 fully saturated rings. The molecule has 0 saturated heterocycles. The highest BCUT2D eigenvalue weighted by molar-refractivity contribution is 7.26. The number of rotatable bonds is 2. The molecular formula is C44H22N4S2. The maximum absolute atomic E-state index is 9.63. The van der Waals surface area contributed by atoms with Crippen molar-refractivity contribution in [1.82, 2.24) is 9.13 Å². The minimum atomic E-state index is 0.647. The molecule has 0 atom stereocenters. The zero-order valence-corrected chi connectivity index (χ0v) is 27.9. The maximum Gasteiger partial charge on any atom is 0.188 e. The summed E-state index contributed by atoms with van der Waals surface area (Å²) in [4.78, 5) is 3.81. The quantitative estimate of drug-likeness (QED) is 0.169. The van der Waals surface area contributed by atoms with E-state index in [9.17, 15) is 5.26 Å². The summed E-state index contributed by atoms with van der Waals surface area (Å²) in [6.45, 7) is 7.79. The van der Waals surface area contributed by atoms with Gasteiger partial charge in [-0.25, -0.2) is 4.85 Å². The third kappa shape index (κ3) is 3.67. The van der Waals surface area contributed by atoms with Gasteiger partial charge in [0.25, 0.3) is 0 Å². The molecule has 0 spiro atoms. The van der Waals surface area contributed by atoms with E-state index in [-0.39, 0.29) is 0 Å². The van der Waals surface area contributed by atoms with Crippen molar-refractivity contribution in [3.05, 3.63) is 150 Å². The number of thiophene rings is 2. The normalized spacial score (nSPS) is 12.0. The van der Waals surface area contributed by atoms with Crippen LogP contribution in [0.2, 0.25) is 0 Å². The molecule has 0 amide bonds. The summed E-state index contributed by atoms with van der Waals surface area (Å²) >= 11 is 3.64. The number of hydrogen-bond acceptors (Lipinski definition) is 3. The molecule has 4 nitrogen and oxygen atoms in total. The average Bonchev–Trinajstić information content (AvgIpc) is 3.91. The van der Waals surface area contributed by atoms with Gasteiger partial charge in [-0.3, -0.25) is 0 Å².